The highest BCUT2D eigenvalue weighted by atomic mass is 32.2. The number of methoxy groups -OCH3 is 1. The summed E-state index contributed by atoms with van der Waals surface area (Å²) in [5, 5.41) is 0.842. The quantitative estimate of drug-likeness (QED) is 0.370. The summed E-state index contributed by atoms with van der Waals surface area (Å²) in [6.45, 7) is 3.85. The van der Waals surface area contributed by atoms with Crippen LogP contribution in [0.4, 0.5) is 4.79 Å². The molecule has 13 heteroatoms. The van der Waals surface area contributed by atoms with E-state index in [1.54, 1.807) is 20.3 Å². The number of carbonyl (C=O) groups is 3. The smallest absolute Gasteiger partial charge is 0.341 e. The highest BCUT2D eigenvalue weighted by Crippen LogP contribution is 2.32. The predicted molar refractivity (Wildman–Crippen MR) is 157 cm³/mol. The number of nitrogens with one attached hydrogen (secondary N) is 1. The molecule has 1 unspecified atom stereocenters. The molecule has 2 aromatic carbocycles. The number of likely N-dealkylation sites (N-methyl/N-ethyl adjacent to an activating group) is 1. The number of aromatic nitrogens is 1. The third kappa shape index (κ3) is 5.46. The van der Waals surface area contributed by atoms with Crippen molar-refractivity contribution < 1.29 is 27.5 Å². The Morgan fingerprint density at radius 2 is 1.76 bits per heavy atom. The minimum Gasteiger partial charge on any atom is -0.496 e. The number of fused-ring (bicyclic) bond motifs is 1. The van der Waals surface area contributed by atoms with Crippen molar-refractivity contribution >= 4 is 38.8 Å². The lowest BCUT2D eigenvalue weighted by atomic mass is 10.1. The zero-order valence-electron chi connectivity index (χ0n) is 24.2. The molecule has 1 atom stereocenters. The van der Waals surface area contributed by atoms with Crippen molar-refractivity contribution in [2.75, 3.05) is 67.5 Å². The Labute approximate surface area is 245 Å². The first kappa shape index (κ1) is 29.5. The van der Waals surface area contributed by atoms with Crippen molar-refractivity contribution in [2.45, 2.75) is 17.4 Å². The maximum atomic E-state index is 14.2. The summed E-state index contributed by atoms with van der Waals surface area (Å²) in [4.78, 5) is 50.1. The van der Waals surface area contributed by atoms with E-state index in [0.717, 1.165) is 47.5 Å². The van der Waals surface area contributed by atoms with Gasteiger partial charge < -0.3 is 19.5 Å². The molecule has 224 valence electrons. The third-order valence-corrected chi connectivity index (χ3v) is 9.72. The van der Waals surface area contributed by atoms with Crippen LogP contribution in [-0.4, -0.2) is 129 Å². The van der Waals surface area contributed by atoms with Gasteiger partial charge in [0.15, 0.2) is 0 Å². The Hall–Kier alpha value is -3.94. The van der Waals surface area contributed by atoms with E-state index in [0.29, 0.717) is 10.8 Å². The van der Waals surface area contributed by atoms with Crippen molar-refractivity contribution in [3.63, 3.8) is 0 Å². The molecular weight excluding hydrogens is 560 g/mol. The summed E-state index contributed by atoms with van der Waals surface area (Å²) in [5.74, 6) is -0.835. The molecule has 3 heterocycles. The van der Waals surface area contributed by atoms with Crippen LogP contribution < -0.4 is 4.74 Å². The molecule has 1 N–H and O–H groups in total. The molecule has 0 bridgehead atoms. The second-order valence-electron chi connectivity index (χ2n) is 10.9. The molecule has 0 spiro atoms. The molecule has 0 radical (unpaired) electrons. The molecule has 2 saturated heterocycles. The van der Waals surface area contributed by atoms with Gasteiger partial charge >= 0.3 is 6.03 Å². The number of ether oxygens (including phenoxy) is 1. The summed E-state index contributed by atoms with van der Waals surface area (Å²) in [6.07, 6.45) is 1.74. The molecule has 3 aromatic rings. The average molecular weight is 597 g/mol. The van der Waals surface area contributed by atoms with Crippen molar-refractivity contribution in [1.82, 2.24) is 28.9 Å². The van der Waals surface area contributed by atoms with Gasteiger partial charge in [0.25, 0.3) is 21.8 Å². The van der Waals surface area contributed by atoms with Crippen LogP contribution in [0, 0.1) is 0 Å². The van der Waals surface area contributed by atoms with Gasteiger partial charge in [-0.05, 0) is 36.9 Å². The molecule has 0 aliphatic carbocycles. The zero-order chi connectivity index (χ0) is 30.2. The normalized spacial score (nSPS) is 18.7. The molecule has 0 saturated carbocycles. The van der Waals surface area contributed by atoms with Gasteiger partial charge in [0.05, 0.1) is 17.6 Å². The molecule has 42 heavy (non-hydrogen) atoms. The molecule has 1 aromatic heterocycles. The van der Waals surface area contributed by atoms with E-state index in [4.69, 9.17) is 4.74 Å². The second-order valence-corrected chi connectivity index (χ2v) is 12.7. The van der Waals surface area contributed by atoms with Crippen LogP contribution in [0.3, 0.4) is 0 Å². The largest absolute Gasteiger partial charge is 0.496 e. The molecule has 5 rings (SSSR count). The number of H-pyrrole nitrogens is 1. The topological polar surface area (TPSA) is 127 Å². The van der Waals surface area contributed by atoms with Crippen LogP contribution in [0.25, 0.3) is 10.9 Å². The molecule has 2 fully saturated rings. The van der Waals surface area contributed by atoms with Gasteiger partial charge in [0.2, 0.25) is 0 Å². The maximum absolute atomic E-state index is 14.2. The predicted octanol–water partition coefficient (Wildman–Crippen LogP) is 1.69. The Morgan fingerprint density at radius 3 is 2.45 bits per heavy atom. The Morgan fingerprint density at radius 1 is 1.05 bits per heavy atom. The molecule has 4 amide bonds. The third-order valence-electron chi connectivity index (χ3n) is 7.94. The monoisotopic (exact) mass is 596 g/mol. The fourth-order valence-electron chi connectivity index (χ4n) is 5.46. The number of nitrogens with zero attached hydrogens (tertiary/aromatic N) is 5. The van der Waals surface area contributed by atoms with E-state index < -0.39 is 33.9 Å². The number of piperazine rings is 1. The van der Waals surface area contributed by atoms with E-state index in [9.17, 15) is 22.8 Å². The first-order valence-electron chi connectivity index (χ1n) is 13.8. The number of aromatic amines is 1. The SMILES string of the molecule is COc1ccc(S(=O)(=O)N2C(=O)N(CCN3CCN(C)CC3)C(=O)C2Cc2c[nH]c3ccccc23)cc1C(=O)N(C)C. The van der Waals surface area contributed by atoms with Crippen LogP contribution in [-0.2, 0) is 21.2 Å². The number of rotatable bonds is 9. The number of hydrogen-bond donors (Lipinski definition) is 1. The van der Waals surface area contributed by atoms with E-state index >= 15 is 0 Å². The van der Waals surface area contributed by atoms with Gasteiger partial charge in [-0.15, -0.1) is 0 Å². The van der Waals surface area contributed by atoms with E-state index in [1.807, 2.05) is 31.3 Å². The lowest BCUT2D eigenvalue weighted by Gasteiger charge is -2.32. The summed E-state index contributed by atoms with van der Waals surface area (Å²) < 4.78 is 34.3. The van der Waals surface area contributed by atoms with E-state index in [1.165, 1.54) is 30.2 Å². The first-order chi connectivity index (χ1) is 20.0. The minimum absolute atomic E-state index is 0.00152. The van der Waals surface area contributed by atoms with Crippen LogP contribution in [0.5, 0.6) is 5.75 Å². The van der Waals surface area contributed by atoms with Crippen LogP contribution in [0.2, 0.25) is 0 Å². The van der Waals surface area contributed by atoms with E-state index in [2.05, 4.69) is 14.8 Å². The Balaban J connectivity index is 1.51. The standard InChI is InChI=1S/C29H36N6O6S/c1-31(2)27(36)23-18-21(9-10-26(23)41-4)42(39,40)35-25(17-20-19-30-24-8-6-5-7-22(20)24)28(37)34(29(35)38)16-15-33-13-11-32(3)12-14-33/h5-10,18-19,25,30H,11-17H2,1-4H3. The molecule has 2 aliphatic heterocycles. The average Bonchev–Trinajstić information content (AvgIpc) is 3.49. The number of carbonyl (C=O) groups excluding carboxylic acids is 3. The number of hydrogen-bond acceptors (Lipinski definition) is 8. The maximum Gasteiger partial charge on any atom is 0.341 e. The van der Waals surface area contributed by atoms with Crippen LogP contribution >= 0.6 is 0 Å². The first-order valence-corrected chi connectivity index (χ1v) is 15.2. The highest BCUT2D eigenvalue weighted by Gasteiger charge is 2.51. The number of urea groups is 1. The van der Waals surface area contributed by atoms with Crippen molar-refractivity contribution in [2.24, 2.45) is 0 Å². The highest BCUT2D eigenvalue weighted by molar-refractivity contribution is 7.89. The van der Waals surface area contributed by atoms with Crippen molar-refractivity contribution in [3.05, 3.63) is 59.8 Å². The molecule has 2 aliphatic rings. The van der Waals surface area contributed by atoms with Gasteiger partial charge in [0, 0.05) is 76.9 Å². The van der Waals surface area contributed by atoms with Gasteiger partial charge in [-0.3, -0.25) is 19.4 Å². The Bertz CT molecular complexity index is 1610. The van der Waals surface area contributed by atoms with Gasteiger partial charge in [0.1, 0.15) is 11.8 Å². The fraction of sp³-hybridized carbons (Fsp3) is 0.414. The summed E-state index contributed by atoms with van der Waals surface area (Å²) >= 11 is 0. The fourth-order valence-corrected chi connectivity index (χ4v) is 7.00. The van der Waals surface area contributed by atoms with Crippen LogP contribution in [0.1, 0.15) is 15.9 Å². The summed E-state index contributed by atoms with van der Waals surface area (Å²) in [6, 6.07) is 9.19. The lowest BCUT2D eigenvalue weighted by molar-refractivity contribution is -0.128. The van der Waals surface area contributed by atoms with Crippen LogP contribution in [0.15, 0.2) is 53.6 Å². The Kier molecular flexibility index (Phi) is 8.26. The number of imide groups is 1. The second kappa shape index (κ2) is 11.7. The number of para-hydroxylation sites is 1. The van der Waals surface area contributed by atoms with Crippen molar-refractivity contribution in [1.29, 1.82) is 0 Å². The molecular formula is C29H36N6O6S. The van der Waals surface area contributed by atoms with Gasteiger partial charge in [-0.1, -0.05) is 18.2 Å². The number of sulfonamides is 1. The summed E-state index contributed by atoms with van der Waals surface area (Å²) in [7, 11) is 1.96. The van der Waals surface area contributed by atoms with E-state index in [-0.39, 0.29) is 29.2 Å². The van der Waals surface area contributed by atoms with Gasteiger partial charge in [-0.25, -0.2) is 17.5 Å². The molecule has 12 nitrogen and oxygen atoms in total. The zero-order valence-corrected chi connectivity index (χ0v) is 25.1. The lowest BCUT2D eigenvalue weighted by Crippen LogP contribution is -2.48. The summed E-state index contributed by atoms with van der Waals surface area (Å²) in [5.41, 5.74) is 1.59. The van der Waals surface area contributed by atoms with Gasteiger partial charge in [-0.2, -0.15) is 0 Å². The number of benzene rings is 2. The number of amides is 4. The minimum atomic E-state index is -4.55. The van der Waals surface area contributed by atoms with Crippen molar-refractivity contribution in [3.8, 4) is 5.75 Å².